The molecular weight excluding hydrogens is 340 g/mol. The molecule has 1 N–H and O–H groups in total. The van der Waals surface area contributed by atoms with E-state index < -0.39 is 0 Å². The Labute approximate surface area is 150 Å². The summed E-state index contributed by atoms with van der Waals surface area (Å²) in [5, 5.41) is 3.43. The van der Waals surface area contributed by atoms with Gasteiger partial charge in [0.2, 0.25) is 5.91 Å². The molecule has 0 fully saturated rings. The van der Waals surface area contributed by atoms with E-state index in [2.05, 4.69) is 5.32 Å². The predicted octanol–water partition coefficient (Wildman–Crippen LogP) is 3.66. The number of nitrogens with zero attached hydrogens (tertiary/aromatic N) is 1. The largest absolute Gasteiger partial charge is 0.326 e. The molecule has 1 aliphatic heterocycles. The van der Waals surface area contributed by atoms with Crippen molar-refractivity contribution in [2.75, 3.05) is 11.9 Å². The Bertz CT molecular complexity index is 828. The number of nitrogens with one attached hydrogen (secondary N) is 1. The molecule has 0 saturated heterocycles. The number of carbonyl (C=O) groups excluding carboxylic acids is 3. The molecule has 2 aromatic carbocycles. The first kappa shape index (κ1) is 17.2. The Balaban J connectivity index is 1.54. The normalized spacial score (nSPS) is 13.1. The molecule has 2 aromatic rings. The van der Waals surface area contributed by atoms with E-state index in [0.29, 0.717) is 28.3 Å². The molecule has 3 rings (SSSR count). The van der Waals surface area contributed by atoms with Crippen molar-refractivity contribution in [1.29, 1.82) is 0 Å². The molecule has 1 aliphatic rings. The van der Waals surface area contributed by atoms with Crippen molar-refractivity contribution in [1.82, 2.24) is 4.90 Å². The van der Waals surface area contributed by atoms with E-state index >= 15 is 0 Å². The fourth-order valence-corrected chi connectivity index (χ4v) is 3.05. The average Bonchev–Trinajstić information content (AvgIpc) is 2.83. The molecule has 0 saturated carbocycles. The van der Waals surface area contributed by atoms with Crippen LogP contribution in [0.1, 0.15) is 39.1 Å². The van der Waals surface area contributed by atoms with Crippen LogP contribution in [-0.4, -0.2) is 29.2 Å². The number of imide groups is 1. The summed E-state index contributed by atoms with van der Waals surface area (Å²) in [6.45, 7) is 2.08. The lowest BCUT2D eigenvalue weighted by atomic mass is 10.1. The summed E-state index contributed by atoms with van der Waals surface area (Å²) in [6, 6.07) is 12.0. The number of hydrogen-bond donors (Lipinski definition) is 1. The van der Waals surface area contributed by atoms with Gasteiger partial charge >= 0.3 is 0 Å². The third-order valence-corrected chi connectivity index (χ3v) is 4.36. The maximum Gasteiger partial charge on any atom is 0.261 e. The second-order valence-corrected chi connectivity index (χ2v) is 6.35. The SMILES string of the molecule is Cc1cc(Cl)ccc1NC(=O)CCCN1C(=O)c2ccccc2C1=O. The van der Waals surface area contributed by atoms with E-state index in [4.69, 9.17) is 11.6 Å². The third kappa shape index (κ3) is 3.56. The van der Waals surface area contributed by atoms with Gasteiger partial charge in [-0.05, 0) is 49.2 Å². The zero-order valence-electron chi connectivity index (χ0n) is 13.7. The average molecular weight is 357 g/mol. The van der Waals surface area contributed by atoms with Crippen LogP contribution in [-0.2, 0) is 4.79 Å². The summed E-state index contributed by atoms with van der Waals surface area (Å²) in [4.78, 5) is 37.8. The lowest BCUT2D eigenvalue weighted by Gasteiger charge is -2.14. The predicted molar refractivity (Wildman–Crippen MR) is 95.9 cm³/mol. The molecule has 0 aromatic heterocycles. The fourth-order valence-electron chi connectivity index (χ4n) is 2.82. The summed E-state index contributed by atoms with van der Waals surface area (Å²) in [7, 11) is 0. The number of aryl methyl sites for hydroxylation is 1. The van der Waals surface area contributed by atoms with E-state index in [-0.39, 0.29) is 30.7 Å². The van der Waals surface area contributed by atoms with Crippen molar-refractivity contribution in [2.24, 2.45) is 0 Å². The minimum Gasteiger partial charge on any atom is -0.326 e. The highest BCUT2D eigenvalue weighted by molar-refractivity contribution is 6.30. The van der Waals surface area contributed by atoms with Crippen LogP contribution in [0.4, 0.5) is 5.69 Å². The van der Waals surface area contributed by atoms with Crippen LogP contribution >= 0.6 is 11.6 Å². The molecule has 0 atom stereocenters. The van der Waals surface area contributed by atoms with Crippen LogP contribution in [0.5, 0.6) is 0 Å². The summed E-state index contributed by atoms with van der Waals surface area (Å²) < 4.78 is 0. The van der Waals surface area contributed by atoms with E-state index in [0.717, 1.165) is 5.56 Å². The highest BCUT2D eigenvalue weighted by atomic mass is 35.5. The Morgan fingerprint density at radius 2 is 1.72 bits per heavy atom. The van der Waals surface area contributed by atoms with Crippen molar-refractivity contribution >= 4 is 35.0 Å². The summed E-state index contributed by atoms with van der Waals surface area (Å²) in [5.74, 6) is -0.758. The van der Waals surface area contributed by atoms with Gasteiger partial charge in [0, 0.05) is 23.7 Å². The standard InChI is InChI=1S/C19H17ClN2O3/c1-12-11-13(20)8-9-16(12)21-17(23)7-4-10-22-18(24)14-5-2-3-6-15(14)19(22)25/h2-3,5-6,8-9,11H,4,7,10H2,1H3,(H,21,23). The first-order chi connectivity index (χ1) is 12.0. The van der Waals surface area contributed by atoms with Crippen LogP contribution in [0.15, 0.2) is 42.5 Å². The number of hydrogen-bond acceptors (Lipinski definition) is 3. The highest BCUT2D eigenvalue weighted by Gasteiger charge is 2.34. The van der Waals surface area contributed by atoms with Gasteiger partial charge in [0.15, 0.2) is 0 Å². The Morgan fingerprint density at radius 3 is 2.32 bits per heavy atom. The zero-order chi connectivity index (χ0) is 18.0. The van der Waals surface area contributed by atoms with E-state index in [1.54, 1.807) is 42.5 Å². The first-order valence-electron chi connectivity index (χ1n) is 7.98. The molecule has 0 radical (unpaired) electrons. The topological polar surface area (TPSA) is 66.5 Å². The molecule has 1 heterocycles. The van der Waals surface area contributed by atoms with Gasteiger partial charge in [0.1, 0.15) is 0 Å². The van der Waals surface area contributed by atoms with Gasteiger partial charge in [-0.1, -0.05) is 23.7 Å². The van der Waals surface area contributed by atoms with Gasteiger partial charge in [-0.15, -0.1) is 0 Å². The second kappa shape index (κ2) is 7.07. The lowest BCUT2D eigenvalue weighted by molar-refractivity contribution is -0.116. The van der Waals surface area contributed by atoms with Gasteiger partial charge in [-0.2, -0.15) is 0 Å². The maximum atomic E-state index is 12.2. The van der Waals surface area contributed by atoms with Gasteiger partial charge in [0.05, 0.1) is 11.1 Å². The number of carbonyl (C=O) groups is 3. The van der Waals surface area contributed by atoms with Gasteiger partial charge < -0.3 is 5.32 Å². The fraction of sp³-hybridized carbons (Fsp3) is 0.211. The van der Waals surface area contributed by atoms with Crippen molar-refractivity contribution in [2.45, 2.75) is 19.8 Å². The van der Waals surface area contributed by atoms with E-state index in [1.807, 2.05) is 6.92 Å². The molecule has 0 aliphatic carbocycles. The molecule has 5 nitrogen and oxygen atoms in total. The number of rotatable bonds is 5. The molecule has 0 bridgehead atoms. The number of halogens is 1. The summed E-state index contributed by atoms with van der Waals surface area (Å²) >= 11 is 5.89. The molecule has 0 spiro atoms. The minimum absolute atomic E-state index is 0.165. The van der Waals surface area contributed by atoms with Gasteiger partial charge in [-0.25, -0.2) is 0 Å². The number of fused-ring (bicyclic) bond motifs is 1. The molecular formula is C19H17ClN2O3. The Hall–Kier alpha value is -2.66. The van der Waals surface area contributed by atoms with Crippen LogP contribution in [0.2, 0.25) is 5.02 Å². The van der Waals surface area contributed by atoms with Crippen LogP contribution in [0.3, 0.4) is 0 Å². The number of benzene rings is 2. The minimum atomic E-state index is -0.297. The van der Waals surface area contributed by atoms with Crippen molar-refractivity contribution < 1.29 is 14.4 Å². The van der Waals surface area contributed by atoms with E-state index in [9.17, 15) is 14.4 Å². The van der Waals surface area contributed by atoms with Crippen molar-refractivity contribution in [3.8, 4) is 0 Å². The monoisotopic (exact) mass is 356 g/mol. The zero-order valence-corrected chi connectivity index (χ0v) is 14.5. The molecule has 3 amide bonds. The van der Waals surface area contributed by atoms with Crippen LogP contribution in [0, 0.1) is 6.92 Å². The van der Waals surface area contributed by atoms with Crippen molar-refractivity contribution in [3.05, 3.63) is 64.2 Å². The van der Waals surface area contributed by atoms with Gasteiger partial charge in [0.25, 0.3) is 11.8 Å². The lowest BCUT2D eigenvalue weighted by Crippen LogP contribution is -2.31. The molecule has 25 heavy (non-hydrogen) atoms. The second-order valence-electron chi connectivity index (χ2n) is 5.92. The smallest absolute Gasteiger partial charge is 0.261 e. The Kier molecular flexibility index (Phi) is 4.86. The molecule has 0 unspecified atom stereocenters. The van der Waals surface area contributed by atoms with Crippen LogP contribution < -0.4 is 5.32 Å². The Morgan fingerprint density at radius 1 is 1.08 bits per heavy atom. The molecule has 128 valence electrons. The molecule has 6 heteroatoms. The van der Waals surface area contributed by atoms with Gasteiger partial charge in [-0.3, -0.25) is 19.3 Å². The summed E-state index contributed by atoms with van der Waals surface area (Å²) in [6.07, 6.45) is 0.624. The number of anilines is 1. The number of amides is 3. The summed E-state index contributed by atoms with van der Waals surface area (Å²) in [5.41, 5.74) is 2.43. The van der Waals surface area contributed by atoms with Crippen LogP contribution in [0.25, 0.3) is 0 Å². The quantitative estimate of drug-likeness (QED) is 0.831. The first-order valence-corrected chi connectivity index (χ1v) is 8.36. The van der Waals surface area contributed by atoms with E-state index in [1.165, 1.54) is 4.90 Å². The highest BCUT2D eigenvalue weighted by Crippen LogP contribution is 2.23. The maximum absolute atomic E-state index is 12.2. The third-order valence-electron chi connectivity index (χ3n) is 4.13. The van der Waals surface area contributed by atoms with Crippen molar-refractivity contribution in [3.63, 3.8) is 0 Å².